The molecule has 0 unspecified atom stereocenters. The highest BCUT2D eigenvalue weighted by Crippen LogP contribution is 2.11. The summed E-state index contributed by atoms with van der Waals surface area (Å²) in [6.45, 7) is 0.368. The van der Waals surface area contributed by atoms with Crippen molar-refractivity contribution in [2.75, 3.05) is 5.75 Å². The fourth-order valence-electron chi connectivity index (χ4n) is 1.76. The second-order valence-corrected chi connectivity index (χ2v) is 6.62. The molecule has 0 fully saturated rings. The molecule has 0 bridgehead atoms. The Morgan fingerprint density at radius 1 is 1.05 bits per heavy atom. The van der Waals surface area contributed by atoms with Gasteiger partial charge in [-0.2, -0.15) is 0 Å². The lowest BCUT2D eigenvalue weighted by Gasteiger charge is -2.06. The number of aromatic nitrogens is 1. The number of carbonyl (C=O) groups is 1. The molecule has 110 valence electrons. The van der Waals surface area contributed by atoms with E-state index in [1.807, 2.05) is 0 Å². The van der Waals surface area contributed by atoms with Crippen LogP contribution in [0, 0.1) is 0 Å². The summed E-state index contributed by atoms with van der Waals surface area (Å²) in [5, 5.41) is 2.69. The number of hydrogen-bond donors (Lipinski definition) is 1. The summed E-state index contributed by atoms with van der Waals surface area (Å²) < 4.78 is 24.0. The average molecular weight is 304 g/mol. The monoisotopic (exact) mass is 304 g/mol. The summed E-state index contributed by atoms with van der Waals surface area (Å²) >= 11 is 0. The van der Waals surface area contributed by atoms with Gasteiger partial charge in [0, 0.05) is 25.4 Å². The first kappa shape index (κ1) is 15.2. The molecule has 6 heteroatoms. The van der Waals surface area contributed by atoms with E-state index in [0.29, 0.717) is 6.54 Å². The van der Waals surface area contributed by atoms with Gasteiger partial charge in [0.1, 0.15) is 0 Å². The summed E-state index contributed by atoms with van der Waals surface area (Å²) in [4.78, 5) is 15.8. The molecule has 0 atom stereocenters. The highest BCUT2D eigenvalue weighted by atomic mass is 32.2. The van der Waals surface area contributed by atoms with Gasteiger partial charge in [-0.25, -0.2) is 8.42 Å². The number of hydrogen-bond acceptors (Lipinski definition) is 4. The highest BCUT2D eigenvalue weighted by molar-refractivity contribution is 7.91. The Morgan fingerprint density at radius 3 is 2.38 bits per heavy atom. The molecule has 0 spiro atoms. The van der Waals surface area contributed by atoms with Crippen LogP contribution in [0.3, 0.4) is 0 Å². The van der Waals surface area contributed by atoms with Crippen molar-refractivity contribution >= 4 is 15.7 Å². The number of amides is 1. The molecule has 1 amide bonds. The Balaban J connectivity index is 1.84. The van der Waals surface area contributed by atoms with Gasteiger partial charge in [-0.1, -0.05) is 18.2 Å². The summed E-state index contributed by atoms with van der Waals surface area (Å²) in [6.07, 6.45) is 3.23. The van der Waals surface area contributed by atoms with Crippen molar-refractivity contribution in [3.8, 4) is 0 Å². The predicted molar refractivity (Wildman–Crippen MR) is 79.2 cm³/mol. The van der Waals surface area contributed by atoms with Crippen molar-refractivity contribution in [2.45, 2.75) is 17.9 Å². The molecule has 1 N–H and O–H groups in total. The number of nitrogens with one attached hydrogen (secondary N) is 1. The Kier molecular flexibility index (Phi) is 5.05. The summed E-state index contributed by atoms with van der Waals surface area (Å²) in [5.41, 5.74) is 0.921. The van der Waals surface area contributed by atoms with Gasteiger partial charge in [0.2, 0.25) is 5.91 Å². The highest BCUT2D eigenvalue weighted by Gasteiger charge is 2.15. The van der Waals surface area contributed by atoms with Crippen LogP contribution >= 0.6 is 0 Å². The van der Waals surface area contributed by atoms with Gasteiger partial charge in [0.25, 0.3) is 0 Å². The van der Waals surface area contributed by atoms with Crippen LogP contribution in [-0.2, 0) is 21.2 Å². The average Bonchev–Trinajstić information content (AvgIpc) is 2.53. The van der Waals surface area contributed by atoms with Crippen LogP contribution in [0.5, 0.6) is 0 Å². The topological polar surface area (TPSA) is 76.1 Å². The van der Waals surface area contributed by atoms with Crippen molar-refractivity contribution < 1.29 is 13.2 Å². The third kappa shape index (κ3) is 4.68. The minimum absolute atomic E-state index is 0.0533. The van der Waals surface area contributed by atoms with E-state index in [2.05, 4.69) is 10.3 Å². The summed E-state index contributed by atoms with van der Waals surface area (Å²) in [5.74, 6) is -0.481. The first-order valence-corrected chi connectivity index (χ1v) is 8.16. The molecule has 0 radical (unpaired) electrons. The normalized spacial score (nSPS) is 11.0. The maximum Gasteiger partial charge on any atom is 0.221 e. The maximum absolute atomic E-state index is 12.0. The molecule has 1 heterocycles. The SMILES string of the molecule is O=C(CCS(=O)(=O)c1ccccc1)NCc1ccncc1. The fourth-order valence-corrected chi connectivity index (χ4v) is 3.02. The molecule has 2 aromatic rings. The van der Waals surface area contributed by atoms with Crippen molar-refractivity contribution in [1.82, 2.24) is 10.3 Å². The molecule has 1 aromatic heterocycles. The quantitative estimate of drug-likeness (QED) is 0.878. The fraction of sp³-hybridized carbons (Fsp3) is 0.200. The van der Waals surface area contributed by atoms with E-state index in [0.717, 1.165) is 5.56 Å². The van der Waals surface area contributed by atoms with Gasteiger partial charge in [0.15, 0.2) is 9.84 Å². The first-order valence-electron chi connectivity index (χ1n) is 6.51. The second-order valence-electron chi connectivity index (χ2n) is 4.51. The van der Waals surface area contributed by atoms with E-state index in [1.54, 1.807) is 42.7 Å². The zero-order valence-corrected chi connectivity index (χ0v) is 12.2. The minimum Gasteiger partial charge on any atom is -0.352 e. The van der Waals surface area contributed by atoms with Crippen LogP contribution < -0.4 is 5.32 Å². The molecule has 2 rings (SSSR count). The van der Waals surface area contributed by atoms with Crippen molar-refractivity contribution in [1.29, 1.82) is 0 Å². The van der Waals surface area contributed by atoms with Gasteiger partial charge in [0.05, 0.1) is 10.6 Å². The van der Waals surface area contributed by atoms with Gasteiger partial charge in [-0.15, -0.1) is 0 Å². The molecule has 0 aliphatic heterocycles. The van der Waals surface area contributed by atoms with Crippen LogP contribution in [0.25, 0.3) is 0 Å². The Labute approximate surface area is 124 Å². The summed E-state index contributed by atoms with van der Waals surface area (Å²) in [7, 11) is -3.41. The number of carbonyl (C=O) groups excluding carboxylic acids is 1. The van der Waals surface area contributed by atoms with Crippen LogP contribution in [0.2, 0.25) is 0 Å². The van der Waals surface area contributed by atoms with Crippen LogP contribution in [-0.4, -0.2) is 25.1 Å². The van der Waals surface area contributed by atoms with Gasteiger partial charge < -0.3 is 5.32 Å². The largest absolute Gasteiger partial charge is 0.352 e. The molecule has 0 saturated heterocycles. The van der Waals surface area contributed by atoms with E-state index in [1.165, 1.54) is 12.1 Å². The van der Waals surface area contributed by atoms with Gasteiger partial charge >= 0.3 is 0 Å². The van der Waals surface area contributed by atoms with Crippen LogP contribution in [0.15, 0.2) is 59.8 Å². The number of nitrogens with zero attached hydrogens (tertiary/aromatic N) is 1. The number of pyridine rings is 1. The third-order valence-corrected chi connectivity index (χ3v) is 4.67. The smallest absolute Gasteiger partial charge is 0.221 e. The van der Waals surface area contributed by atoms with Crippen molar-refractivity contribution in [3.63, 3.8) is 0 Å². The third-order valence-electron chi connectivity index (χ3n) is 2.94. The Hall–Kier alpha value is -2.21. The predicted octanol–water partition coefficient (Wildman–Crippen LogP) is 1.56. The van der Waals surface area contributed by atoms with Crippen LogP contribution in [0.1, 0.15) is 12.0 Å². The minimum atomic E-state index is -3.41. The number of sulfone groups is 1. The summed E-state index contributed by atoms with van der Waals surface area (Å²) in [6, 6.07) is 11.7. The molecule has 0 saturated carbocycles. The molecule has 0 aliphatic rings. The van der Waals surface area contributed by atoms with E-state index >= 15 is 0 Å². The maximum atomic E-state index is 12.0. The van der Waals surface area contributed by atoms with Crippen molar-refractivity contribution in [3.05, 3.63) is 60.4 Å². The molecule has 21 heavy (non-hydrogen) atoms. The van der Waals surface area contributed by atoms with E-state index < -0.39 is 9.84 Å². The Bertz CT molecular complexity index is 685. The molecular weight excluding hydrogens is 288 g/mol. The van der Waals surface area contributed by atoms with Gasteiger partial charge in [-0.3, -0.25) is 9.78 Å². The number of rotatable bonds is 6. The van der Waals surface area contributed by atoms with Gasteiger partial charge in [-0.05, 0) is 29.8 Å². The lowest BCUT2D eigenvalue weighted by atomic mass is 10.2. The van der Waals surface area contributed by atoms with E-state index in [-0.39, 0.29) is 23.0 Å². The molecular formula is C15H16N2O3S. The second kappa shape index (κ2) is 6.99. The zero-order valence-electron chi connectivity index (χ0n) is 11.4. The van der Waals surface area contributed by atoms with Crippen LogP contribution in [0.4, 0.5) is 0 Å². The Morgan fingerprint density at radius 2 is 1.71 bits per heavy atom. The lowest BCUT2D eigenvalue weighted by Crippen LogP contribution is -2.25. The molecule has 0 aliphatic carbocycles. The molecule has 1 aromatic carbocycles. The number of benzene rings is 1. The van der Waals surface area contributed by atoms with E-state index in [9.17, 15) is 13.2 Å². The lowest BCUT2D eigenvalue weighted by molar-refractivity contribution is -0.120. The first-order chi connectivity index (χ1) is 10.1. The zero-order chi connectivity index (χ0) is 15.1. The molecule has 5 nitrogen and oxygen atoms in total. The van der Waals surface area contributed by atoms with Crippen molar-refractivity contribution in [2.24, 2.45) is 0 Å². The van der Waals surface area contributed by atoms with E-state index in [4.69, 9.17) is 0 Å². The standard InChI is InChI=1S/C15H16N2O3S/c18-15(17-12-13-6-9-16-10-7-13)8-11-21(19,20)14-4-2-1-3-5-14/h1-7,9-10H,8,11-12H2,(H,17,18).